The normalized spacial score (nSPS) is 22.1. The van der Waals surface area contributed by atoms with E-state index >= 15 is 0 Å². The predicted molar refractivity (Wildman–Crippen MR) is 156 cm³/mol. The summed E-state index contributed by atoms with van der Waals surface area (Å²) in [5.41, 5.74) is -2.16. The van der Waals surface area contributed by atoms with Crippen molar-refractivity contribution >= 4 is 11.8 Å². The minimum absolute atomic E-state index is 0.0443. The van der Waals surface area contributed by atoms with E-state index in [4.69, 9.17) is 4.42 Å². The summed E-state index contributed by atoms with van der Waals surface area (Å²) in [4.78, 5) is 34.2. The van der Waals surface area contributed by atoms with Gasteiger partial charge >= 0.3 is 12.4 Å². The van der Waals surface area contributed by atoms with Crippen molar-refractivity contribution in [3.8, 4) is 0 Å². The zero-order chi connectivity index (χ0) is 32.6. The van der Waals surface area contributed by atoms with Crippen molar-refractivity contribution < 1.29 is 40.3 Å². The lowest BCUT2D eigenvalue weighted by molar-refractivity contribution is -0.143. The van der Waals surface area contributed by atoms with Gasteiger partial charge in [-0.1, -0.05) is 30.3 Å². The fourth-order valence-electron chi connectivity index (χ4n) is 6.84. The van der Waals surface area contributed by atoms with Crippen molar-refractivity contribution in [2.24, 2.45) is 0 Å². The first-order valence-electron chi connectivity index (χ1n) is 15.3. The summed E-state index contributed by atoms with van der Waals surface area (Å²) >= 11 is 0. The average molecular weight is 649 g/mol. The van der Waals surface area contributed by atoms with Gasteiger partial charge in [-0.25, -0.2) is 0 Å². The standard InChI is InChI=1S/C33H34F6N4O3/c34-32(35,36)25-15-24(16-26(17-25)33(37,38)39)31(45)43-8-6-27(18-28(43)14-22-4-2-1-3-5-22)40-9-11-41(12-10-40)29-19-42(20-29)30(44)23-7-13-46-21-23/h1-5,7,13,15-17,21,27-29H,6,8-12,14,18-20H2/t27?,28-/m1/s1. The second kappa shape index (κ2) is 12.7. The Hall–Kier alpha value is -3.84. The number of piperidine rings is 1. The van der Waals surface area contributed by atoms with Crippen molar-refractivity contribution in [3.05, 3.63) is 94.9 Å². The summed E-state index contributed by atoms with van der Waals surface area (Å²) in [6, 6.07) is 12.1. The van der Waals surface area contributed by atoms with E-state index in [0.29, 0.717) is 50.0 Å². The highest BCUT2D eigenvalue weighted by Crippen LogP contribution is 2.37. The van der Waals surface area contributed by atoms with Gasteiger partial charge < -0.3 is 14.2 Å². The average Bonchev–Trinajstić information content (AvgIpc) is 3.55. The predicted octanol–water partition coefficient (Wildman–Crippen LogP) is 5.68. The number of carbonyl (C=O) groups is 2. The van der Waals surface area contributed by atoms with Crippen LogP contribution in [-0.2, 0) is 18.8 Å². The van der Waals surface area contributed by atoms with Crippen LogP contribution in [0.4, 0.5) is 26.3 Å². The van der Waals surface area contributed by atoms with Crippen molar-refractivity contribution in [1.82, 2.24) is 19.6 Å². The highest BCUT2D eigenvalue weighted by Gasteiger charge is 2.41. The van der Waals surface area contributed by atoms with Crippen LogP contribution >= 0.6 is 0 Å². The second-order valence-corrected chi connectivity index (χ2v) is 12.3. The number of furan rings is 1. The van der Waals surface area contributed by atoms with Gasteiger partial charge in [-0.2, -0.15) is 26.3 Å². The number of piperazine rings is 1. The minimum Gasteiger partial charge on any atom is -0.472 e. The number of alkyl halides is 6. The van der Waals surface area contributed by atoms with Gasteiger partial charge in [-0.3, -0.25) is 19.4 Å². The maximum Gasteiger partial charge on any atom is 0.416 e. The molecule has 6 rings (SSSR count). The van der Waals surface area contributed by atoms with Crippen molar-refractivity contribution in [1.29, 1.82) is 0 Å². The molecule has 4 heterocycles. The van der Waals surface area contributed by atoms with Gasteiger partial charge in [0.1, 0.15) is 6.26 Å². The van der Waals surface area contributed by atoms with E-state index in [0.717, 1.165) is 31.7 Å². The molecule has 0 saturated carbocycles. The summed E-state index contributed by atoms with van der Waals surface area (Å²) in [6.07, 6.45) is -5.64. The Bertz CT molecular complexity index is 1480. The Morgan fingerprint density at radius 3 is 1.91 bits per heavy atom. The summed E-state index contributed by atoms with van der Waals surface area (Å²) in [7, 11) is 0. The topological polar surface area (TPSA) is 60.2 Å². The molecule has 2 atom stereocenters. The summed E-state index contributed by atoms with van der Waals surface area (Å²) in [5, 5.41) is 0. The summed E-state index contributed by atoms with van der Waals surface area (Å²) < 4.78 is 86.4. The molecular weight excluding hydrogens is 614 g/mol. The first-order chi connectivity index (χ1) is 21.9. The number of likely N-dealkylation sites (tertiary alicyclic amines) is 2. The molecule has 13 heteroatoms. The molecule has 0 radical (unpaired) electrons. The number of nitrogens with zero attached hydrogens (tertiary/aromatic N) is 4. The molecule has 3 aromatic rings. The smallest absolute Gasteiger partial charge is 0.416 e. The Morgan fingerprint density at radius 1 is 0.739 bits per heavy atom. The Labute approximate surface area is 262 Å². The van der Waals surface area contributed by atoms with Crippen LogP contribution in [0.3, 0.4) is 0 Å². The SMILES string of the molecule is O=C(c1ccoc1)N1CC(N2CCN(C3CCN(C(=O)c4cc(C(F)(F)F)cc(C(F)(F)F)c4)[C@H](Cc4ccccc4)C3)CC2)C1. The van der Waals surface area contributed by atoms with Crippen LogP contribution in [0.25, 0.3) is 0 Å². The van der Waals surface area contributed by atoms with E-state index in [1.54, 1.807) is 11.0 Å². The number of amides is 2. The fraction of sp³-hybridized carbons (Fsp3) is 0.455. The van der Waals surface area contributed by atoms with Gasteiger partial charge in [0, 0.05) is 69.5 Å². The third-order valence-electron chi connectivity index (χ3n) is 9.40. The number of hydrogen-bond acceptors (Lipinski definition) is 5. The van der Waals surface area contributed by atoms with Gasteiger partial charge in [-0.05, 0) is 49.1 Å². The summed E-state index contributed by atoms with van der Waals surface area (Å²) in [6.45, 7) is 4.70. The van der Waals surface area contributed by atoms with Crippen LogP contribution in [0.5, 0.6) is 0 Å². The Kier molecular flexibility index (Phi) is 8.90. The molecular formula is C33H34F6N4O3. The molecule has 0 bridgehead atoms. The van der Waals surface area contributed by atoms with Gasteiger partial charge in [0.05, 0.1) is 23.0 Å². The molecule has 3 saturated heterocycles. The quantitative estimate of drug-likeness (QED) is 0.323. The molecule has 2 aromatic carbocycles. The lowest BCUT2D eigenvalue weighted by Crippen LogP contribution is -2.65. The molecule has 246 valence electrons. The Morgan fingerprint density at radius 2 is 1.35 bits per heavy atom. The Balaban J connectivity index is 1.13. The van der Waals surface area contributed by atoms with Crippen LogP contribution in [0, 0.1) is 0 Å². The van der Waals surface area contributed by atoms with Crippen LogP contribution in [0.15, 0.2) is 71.5 Å². The zero-order valence-electron chi connectivity index (χ0n) is 24.9. The highest BCUT2D eigenvalue weighted by molar-refractivity contribution is 5.95. The van der Waals surface area contributed by atoms with E-state index in [2.05, 4.69) is 9.80 Å². The molecule has 3 aliphatic rings. The number of halogens is 6. The number of rotatable bonds is 6. The number of hydrogen-bond donors (Lipinski definition) is 0. The van der Waals surface area contributed by atoms with E-state index in [1.807, 2.05) is 30.3 Å². The van der Waals surface area contributed by atoms with Gasteiger partial charge in [0.25, 0.3) is 11.8 Å². The molecule has 0 aliphatic carbocycles. The van der Waals surface area contributed by atoms with Gasteiger partial charge in [-0.15, -0.1) is 0 Å². The second-order valence-electron chi connectivity index (χ2n) is 12.3. The molecule has 1 aromatic heterocycles. The lowest BCUT2D eigenvalue weighted by atomic mass is 9.90. The zero-order valence-corrected chi connectivity index (χ0v) is 24.9. The maximum absolute atomic E-state index is 13.7. The van der Waals surface area contributed by atoms with Crippen LogP contribution in [0.2, 0.25) is 0 Å². The molecule has 7 nitrogen and oxygen atoms in total. The third kappa shape index (κ3) is 6.95. The summed E-state index contributed by atoms with van der Waals surface area (Å²) in [5.74, 6) is -0.880. The molecule has 0 spiro atoms. The van der Waals surface area contributed by atoms with Crippen LogP contribution in [0.1, 0.15) is 50.2 Å². The lowest BCUT2D eigenvalue weighted by Gasteiger charge is -2.50. The molecule has 2 amide bonds. The third-order valence-corrected chi connectivity index (χ3v) is 9.40. The molecule has 0 N–H and O–H groups in total. The first-order valence-corrected chi connectivity index (χ1v) is 15.3. The fourth-order valence-corrected chi connectivity index (χ4v) is 6.84. The molecule has 1 unspecified atom stereocenters. The maximum atomic E-state index is 13.7. The van der Waals surface area contributed by atoms with Crippen LogP contribution in [-0.4, -0.2) is 95.4 Å². The van der Waals surface area contributed by atoms with Crippen molar-refractivity contribution in [2.45, 2.75) is 49.7 Å². The molecule has 46 heavy (non-hydrogen) atoms. The van der Waals surface area contributed by atoms with Crippen LogP contribution < -0.4 is 0 Å². The first kappa shape index (κ1) is 32.1. The number of benzene rings is 2. The van der Waals surface area contributed by atoms with E-state index in [-0.39, 0.29) is 30.6 Å². The minimum atomic E-state index is -5.04. The molecule has 3 fully saturated rings. The monoisotopic (exact) mass is 648 g/mol. The van der Waals surface area contributed by atoms with E-state index in [1.165, 1.54) is 17.4 Å². The van der Waals surface area contributed by atoms with Gasteiger partial charge in [0.15, 0.2) is 0 Å². The number of carbonyl (C=O) groups excluding carboxylic acids is 2. The van der Waals surface area contributed by atoms with Crippen molar-refractivity contribution in [2.75, 3.05) is 45.8 Å². The highest BCUT2D eigenvalue weighted by atomic mass is 19.4. The largest absolute Gasteiger partial charge is 0.472 e. The molecule has 3 aliphatic heterocycles. The van der Waals surface area contributed by atoms with Gasteiger partial charge in [0.2, 0.25) is 0 Å². The van der Waals surface area contributed by atoms with Crippen molar-refractivity contribution in [3.63, 3.8) is 0 Å². The van der Waals surface area contributed by atoms with E-state index in [9.17, 15) is 35.9 Å². The van der Waals surface area contributed by atoms with E-state index < -0.39 is 41.0 Å².